The minimum atomic E-state index is -4.46. The molecule has 0 amide bonds. The van der Waals surface area contributed by atoms with Gasteiger partial charge in [-0.05, 0) is 83.1 Å². The molecule has 2 N–H and O–H groups in total. The third-order valence-corrected chi connectivity index (χ3v) is 8.35. The molecule has 0 bridgehead atoms. The summed E-state index contributed by atoms with van der Waals surface area (Å²) in [6.45, 7) is 13.0. The molecule has 1 aromatic carbocycles. The van der Waals surface area contributed by atoms with E-state index in [2.05, 4.69) is 50.4 Å². The molecule has 0 radical (unpaired) electrons. The second-order valence-electron chi connectivity index (χ2n) is 13.0. The average Bonchev–Trinajstić information content (AvgIpc) is 2.87. The first-order chi connectivity index (χ1) is 19.4. The highest BCUT2D eigenvalue weighted by Gasteiger charge is 2.25. The van der Waals surface area contributed by atoms with Crippen molar-refractivity contribution in [2.75, 3.05) is 13.2 Å². The highest BCUT2D eigenvalue weighted by Crippen LogP contribution is 2.36. The molecule has 240 valence electrons. The van der Waals surface area contributed by atoms with Gasteiger partial charge >= 0.3 is 7.82 Å². The van der Waals surface area contributed by atoms with Crippen LogP contribution < -0.4 is 4.74 Å². The average molecular weight is 599 g/mol. The van der Waals surface area contributed by atoms with E-state index in [0.29, 0.717) is 19.4 Å². The zero-order valence-electron chi connectivity index (χ0n) is 27.3. The van der Waals surface area contributed by atoms with Crippen LogP contribution in [0.1, 0.15) is 155 Å². The van der Waals surface area contributed by atoms with Gasteiger partial charge < -0.3 is 19.3 Å². The molecular weight excluding hydrogens is 535 g/mol. The van der Waals surface area contributed by atoms with E-state index in [1.807, 2.05) is 13.8 Å². The van der Waals surface area contributed by atoms with Crippen molar-refractivity contribution in [1.82, 2.24) is 0 Å². The predicted octanol–water partition coefficient (Wildman–Crippen LogP) is 10.1. The van der Waals surface area contributed by atoms with Gasteiger partial charge in [0.15, 0.2) is 0 Å². The van der Waals surface area contributed by atoms with E-state index in [4.69, 9.17) is 19.3 Å². The van der Waals surface area contributed by atoms with Crippen LogP contribution in [-0.4, -0.2) is 34.2 Å². The van der Waals surface area contributed by atoms with Gasteiger partial charge in [-0.25, -0.2) is 4.57 Å². The largest absolute Gasteiger partial charge is 0.488 e. The van der Waals surface area contributed by atoms with Crippen molar-refractivity contribution < 1.29 is 28.3 Å². The van der Waals surface area contributed by atoms with E-state index in [9.17, 15) is 4.57 Å². The van der Waals surface area contributed by atoms with Gasteiger partial charge in [-0.15, -0.1) is 0 Å². The highest BCUT2D eigenvalue weighted by atomic mass is 31.2. The summed E-state index contributed by atoms with van der Waals surface area (Å²) in [6, 6.07) is 6.70. The normalized spacial score (nSPS) is 12.7. The molecule has 41 heavy (non-hydrogen) atoms. The molecule has 0 atom stereocenters. The van der Waals surface area contributed by atoms with Gasteiger partial charge in [0.2, 0.25) is 0 Å². The molecule has 0 aromatic heterocycles. The molecule has 1 aromatic rings. The Morgan fingerprint density at radius 1 is 0.659 bits per heavy atom. The zero-order chi connectivity index (χ0) is 30.6. The van der Waals surface area contributed by atoms with Gasteiger partial charge in [-0.1, -0.05) is 97.0 Å². The van der Waals surface area contributed by atoms with E-state index < -0.39 is 19.0 Å². The summed E-state index contributed by atoms with van der Waals surface area (Å²) in [6.07, 6.45) is 21.9. The van der Waals surface area contributed by atoms with Crippen LogP contribution in [0.3, 0.4) is 0 Å². The van der Waals surface area contributed by atoms with Gasteiger partial charge in [0.05, 0.1) is 18.8 Å². The number of ether oxygens (including phenoxy) is 2. The van der Waals surface area contributed by atoms with E-state index in [0.717, 1.165) is 18.6 Å². The number of hydrogen-bond donors (Lipinski definition) is 2. The Morgan fingerprint density at radius 3 is 1.68 bits per heavy atom. The number of rotatable bonds is 26. The first-order valence-electron chi connectivity index (χ1n) is 16.5. The first-order valence-corrected chi connectivity index (χ1v) is 18.1. The summed E-state index contributed by atoms with van der Waals surface area (Å²) in [7, 11) is -4.46. The molecule has 0 saturated carbocycles. The van der Waals surface area contributed by atoms with Crippen LogP contribution in [0.2, 0.25) is 0 Å². The number of hydrogen-bond acceptors (Lipinski definition) is 4. The van der Waals surface area contributed by atoms with Crippen LogP contribution in [0.25, 0.3) is 0 Å². The Morgan fingerprint density at radius 2 is 1.15 bits per heavy atom. The number of unbranched alkanes of at least 4 members (excludes halogenated alkanes) is 12. The Bertz CT molecular complexity index is 848. The molecule has 0 aliphatic heterocycles. The number of aryl methyl sites for hydroxylation is 2. The molecule has 7 heteroatoms. The summed E-state index contributed by atoms with van der Waals surface area (Å²) in [5.41, 5.74) is 1.97. The molecule has 6 nitrogen and oxygen atoms in total. The SMILES string of the molecule is CCCCCCCCCc1ccc(OC(C)(C)CCOC(C)(C)CCOP(=O)(O)O)cc1CCCCCCCCC. The minimum absolute atomic E-state index is 0.0517. The Labute approximate surface area is 252 Å². The van der Waals surface area contributed by atoms with E-state index in [1.165, 1.54) is 101 Å². The predicted molar refractivity (Wildman–Crippen MR) is 172 cm³/mol. The summed E-state index contributed by atoms with van der Waals surface area (Å²) in [5, 5.41) is 0. The Kier molecular flexibility index (Phi) is 19.4. The van der Waals surface area contributed by atoms with Crippen LogP contribution in [0, 0.1) is 0 Å². The molecule has 0 aliphatic carbocycles. The van der Waals surface area contributed by atoms with Gasteiger partial charge in [0.1, 0.15) is 11.4 Å². The van der Waals surface area contributed by atoms with Gasteiger partial charge in [0.25, 0.3) is 0 Å². The zero-order valence-corrected chi connectivity index (χ0v) is 28.2. The first kappa shape index (κ1) is 38.1. The van der Waals surface area contributed by atoms with Crippen molar-refractivity contribution >= 4 is 7.82 Å². The summed E-state index contributed by atoms with van der Waals surface area (Å²) >= 11 is 0. The van der Waals surface area contributed by atoms with E-state index in [-0.39, 0.29) is 6.61 Å². The monoisotopic (exact) mass is 598 g/mol. The van der Waals surface area contributed by atoms with E-state index >= 15 is 0 Å². The van der Waals surface area contributed by atoms with Crippen LogP contribution in [0.4, 0.5) is 0 Å². The smallest absolute Gasteiger partial charge is 0.469 e. The molecule has 0 fully saturated rings. The van der Waals surface area contributed by atoms with Crippen LogP contribution in [-0.2, 0) is 26.7 Å². The van der Waals surface area contributed by atoms with Gasteiger partial charge in [0, 0.05) is 6.42 Å². The number of phosphoric acid groups is 1. The maximum Gasteiger partial charge on any atom is 0.469 e. The lowest BCUT2D eigenvalue weighted by Crippen LogP contribution is -2.33. The van der Waals surface area contributed by atoms with Crippen molar-refractivity contribution in [3.63, 3.8) is 0 Å². The van der Waals surface area contributed by atoms with Crippen LogP contribution in [0.5, 0.6) is 5.75 Å². The fourth-order valence-corrected chi connectivity index (χ4v) is 5.44. The molecular formula is C34H63O6P. The van der Waals surface area contributed by atoms with Crippen molar-refractivity contribution in [1.29, 1.82) is 0 Å². The lowest BCUT2D eigenvalue weighted by Gasteiger charge is -2.30. The van der Waals surface area contributed by atoms with Crippen molar-refractivity contribution in [3.8, 4) is 5.75 Å². The lowest BCUT2D eigenvalue weighted by atomic mass is 9.95. The third-order valence-electron chi connectivity index (χ3n) is 7.83. The molecule has 0 unspecified atom stereocenters. The molecule has 0 heterocycles. The van der Waals surface area contributed by atoms with Gasteiger partial charge in [-0.3, -0.25) is 4.52 Å². The molecule has 0 spiro atoms. The summed E-state index contributed by atoms with van der Waals surface area (Å²) < 4.78 is 28.0. The summed E-state index contributed by atoms with van der Waals surface area (Å²) in [5.74, 6) is 0.922. The highest BCUT2D eigenvalue weighted by molar-refractivity contribution is 7.46. The molecule has 0 saturated heterocycles. The quantitative estimate of drug-likeness (QED) is 0.0815. The van der Waals surface area contributed by atoms with Crippen LogP contribution >= 0.6 is 7.82 Å². The van der Waals surface area contributed by atoms with Crippen molar-refractivity contribution in [2.45, 2.75) is 168 Å². The second-order valence-corrected chi connectivity index (χ2v) is 14.2. The van der Waals surface area contributed by atoms with Crippen molar-refractivity contribution in [2.24, 2.45) is 0 Å². The maximum atomic E-state index is 10.9. The topological polar surface area (TPSA) is 85.2 Å². The molecule has 0 aliphatic rings. The number of benzene rings is 1. The van der Waals surface area contributed by atoms with Crippen molar-refractivity contribution in [3.05, 3.63) is 29.3 Å². The maximum absolute atomic E-state index is 10.9. The van der Waals surface area contributed by atoms with E-state index in [1.54, 1.807) is 0 Å². The van der Waals surface area contributed by atoms with Gasteiger partial charge in [-0.2, -0.15) is 0 Å². The molecule has 1 rings (SSSR count). The third kappa shape index (κ3) is 20.6. The second kappa shape index (κ2) is 20.9. The Hall–Kier alpha value is -0.910. The lowest BCUT2D eigenvalue weighted by molar-refractivity contribution is -0.0512. The van der Waals surface area contributed by atoms with Crippen LogP contribution in [0.15, 0.2) is 18.2 Å². The fourth-order valence-electron chi connectivity index (χ4n) is 5.11. The summed E-state index contributed by atoms with van der Waals surface area (Å²) in [4.78, 5) is 17.8. The fraction of sp³-hybridized carbons (Fsp3) is 0.824. The number of phosphoric ester groups is 1. The minimum Gasteiger partial charge on any atom is -0.488 e. The Balaban J connectivity index is 2.67. The standard InChI is InChI=1S/C34H63O6P/c1-7-9-11-13-15-17-19-21-30-23-24-32(29-31(30)22-20-18-16-14-12-10-8-2)40-34(5,6)25-27-38-33(3,4)26-28-39-41(35,36)37/h23-24,29H,7-22,25-28H2,1-6H3,(H2,35,36,37).